The van der Waals surface area contributed by atoms with Gasteiger partial charge in [-0.25, -0.2) is 0 Å². The maximum atomic E-state index is 5.32. The van der Waals surface area contributed by atoms with Gasteiger partial charge in [0, 0.05) is 13.7 Å². The second-order valence-electron chi connectivity index (χ2n) is 7.51. The third-order valence-corrected chi connectivity index (χ3v) is 6.07. The molecule has 0 aromatic heterocycles. The first kappa shape index (κ1) is 16.3. The molecule has 118 valence electrons. The molecule has 0 heterocycles. The molecule has 0 radical (unpaired) electrons. The summed E-state index contributed by atoms with van der Waals surface area (Å²) in [5.74, 6) is 4.06. The van der Waals surface area contributed by atoms with Crippen LogP contribution in [0.1, 0.15) is 84.0 Å². The molecule has 0 atom stereocenters. The molecule has 2 rings (SSSR count). The highest BCUT2D eigenvalue weighted by Crippen LogP contribution is 2.42. The Bertz CT molecular complexity index is 234. The summed E-state index contributed by atoms with van der Waals surface area (Å²) in [5.41, 5.74) is 0. The van der Waals surface area contributed by atoms with Crippen molar-refractivity contribution in [2.75, 3.05) is 13.7 Å². The molecule has 0 bridgehead atoms. The van der Waals surface area contributed by atoms with Crippen molar-refractivity contribution in [3.63, 3.8) is 0 Å². The van der Waals surface area contributed by atoms with Crippen LogP contribution in [0.5, 0.6) is 0 Å². The van der Waals surface area contributed by atoms with E-state index in [1.807, 2.05) is 7.11 Å². The summed E-state index contributed by atoms with van der Waals surface area (Å²) >= 11 is 0. The van der Waals surface area contributed by atoms with Gasteiger partial charge in [-0.05, 0) is 62.2 Å². The van der Waals surface area contributed by atoms with Crippen LogP contribution in [0, 0.1) is 23.7 Å². The molecular formula is C19H36O. The van der Waals surface area contributed by atoms with Crippen LogP contribution in [0.25, 0.3) is 0 Å². The Morgan fingerprint density at radius 3 is 1.80 bits per heavy atom. The quantitative estimate of drug-likeness (QED) is 0.533. The number of unbranched alkanes of at least 4 members (excludes halogenated alkanes) is 2. The van der Waals surface area contributed by atoms with Gasteiger partial charge in [-0.15, -0.1) is 0 Å². The number of hydrogen-bond donors (Lipinski definition) is 0. The van der Waals surface area contributed by atoms with Crippen LogP contribution in [-0.4, -0.2) is 13.7 Å². The van der Waals surface area contributed by atoms with Gasteiger partial charge in [0.2, 0.25) is 0 Å². The molecule has 1 heteroatoms. The number of methoxy groups -OCH3 is 1. The molecule has 0 aliphatic heterocycles. The van der Waals surface area contributed by atoms with E-state index in [1.54, 1.807) is 0 Å². The lowest BCUT2D eigenvalue weighted by molar-refractivity contribution is 0.0925. The third kappa shape index (κ3) is 5.06. The largest absolute Gasteiger partial charge is 0.384 e. The zero-order chi connectivity index (χ0) is 14.2. The predicted octanol–water partition coefficient (Wildman–Crippen LogP) is 5.83. The van der Waals surface area contributed by atoms with E-state index < -0.39 is 0 Å². The monoisotopic (exact) mass is 280 g/mol. The molecule has 2 fully saturated rings. The average molecular weight is 280 g/mol. The second-order valence-corrected chi connectivity index (χ2v) is 7.51. The van der Waals surface area contributed by atoms with Crippen molar-refractivity contribution in [3.8, 4) is 0 Å². The van der Waals surface area contributed by atoms with Gasteiger partial charge in [0.25, 0.3) is 0 Å². The molecule has 2 saturated carbocycles. The summed E-state index contributed by atoms with van der Waals surface area (Å²) < 4.78 is 5.32. The molecule has 0 N–H and O–H groups in total. The summed E-state index contributed by atoms with van der Waals surface area (Å²) in [4.78, 5) is 0. The first-order valence-electron chi connectivity index (χ1n) is 9.32. The Morgan fingerprint density at radius 2 is 1.30 bits per heavy atom. The van der Waals surface area contributed by atoms with Gasteiger partial charge in [0.1, 0.15) is 0 Å². The van der Waals surface area contributed by atoms with E-state index >= 15 is 0 Å². The fourth-order valence-corrected chi connectivity index (χ4v) is 4.69. The van der Waals surface area contributed by atoms with Crippen LogP contribution in [-0.2, 0) is 4.74 Å². The minimum absolute atomic E-state index is 0.863. The highest BCUT2D eigenvalue weighted by atomic mass is 16.5. The summed E-state index contributed by atoms with van der Waals surface area (Å²) in [6, 6.07) is 0. The Morgan fingerprint density at radius 1 is 0.750 bits per heavy atom. The molecule has 0 unspecified atom stereocenters. The summed E-state index contributed by atoms with van der Waals surface area (Å²) in [7, 11) is 1.85. The van der Waals surface area contributed by atoms with Crippen molar-refractivity contribution in [1.29, 1.82) is 0 Å². The van der Waals surface area contributed by atoms with Crippen LogP contribution in [0.3, 0.4) is 0 Å². The van der Waals surface area contributed by atoms with Gasteiger partial charge in [-0.1, -0.05) is 45.4 Å². The van der Waals surface area contributed by atoms with Crippen molar-refractivity contribution < 1.29 is 4.74 Å². The Balaban J connectivity index is 1.62. The van der Waals surface area contributed by atoms with Gasteiger partial charge in [0.15, 0.2) is 0 Å². The molecular weight excluding hydrogens is 244 g/mol. The lowest BCUT2D eigenvalue weighted by atomic mass is 9.69. The molecule has 1 nitrogen and oxygen atoms in total. The minimum Gasteiger partial charge on any atom is -0.384 e. The second kappa shape index (κ2) is 9.07. The van der Waals surface area contributed by atoms with Crippen LogP contribution < -0.4 is 0 Å². The number of hydrogen-bond acceptors (Lipinski definition) is 1. The zero-order valence-electron chi connectivity index (χ0n) is 13.9. The van der Waals surface area contributed by atoms with Crippen LogP contribution in [0.4, 0.5) is 0 Å². The molecule has 0 aromatic carbocycles. The number of rotatable bonds is 7. The van der Waals surface area contributed by atoms with E-state index in [0.717, 1.165) is 30.3 Å². The third-order valence-electron chi connectivity index (χ3n) is 6.07. The Hall–Kier alpha value is -0.0400. The highest BCUT2D eigenvalue weighted by Gasteiger charge is 2.30. The standard InChI is InChI=1S/C19H36O/c1-3-4-5-6-16-7-11-18(12-8-16)19-13-9-17(10-14-19)15-20-2/h16-19H,3-15H2,1-2H3. The van der Waals surface area contributed by atoms with Gasteiger partial charge in [-0.3, -0.25) is 0 Å². The lowest BCUT2D eigenvalue weighted by Crippen LogP contribution is -2.27. The first-order valence-corrected chi connectivity index (χ1v) is 9.32. The lowest BCUT2D eigenvalue weighted by Gasteiger charge is -2.37. The van der Waals surface area contributed by atoms with Crippen molar-refractivity contribution in [2.45, 2.75) is 84.0 Å². The van der Waals surface area contributed by atoms with Crippen molar-refractivity contribution in [1.82, 2.24) is 0 Å². The first-order chi connectivity index (χ1) is 9.83. The fraction of sp³-hybridized carbons (Fsp3) is 1.00. The predicted molar refractivity (Wildman–Crippen MR) is 86.9 cm³/mol. The Labute approximate surface area is 126 Å². The minimum atomic E-state index is 0.863. The van der Waals surface area contributed by atoms with Gasteiger partial charge in [0.05, 0.1) is 0 Å². The molecule has 0 saturated heterocycles. The van der Waals surface area contributed by atoms with E-state index in [1.165, 1.54) is 77.0 Å². The fourth-order valence-electron chi connectivity index (χ4n) is 4.69. The van der Waals surface area contributed by atoms with E-state index in [-0.39, 0.29) is 0 Å². The Kier molecular flexibility index (Phi) is 7.41. The average Bonchev–Trinajstić information content (AvgIpc) is 2.49. The van der Waals surface area contributed by atoms with Gasteiger partial charge >= 0.3 is 0 Å². The van der Waals surface area contributed by atoms with Crippen molar-refractivity contribution in [3.05, 3.63) is 0 Å². The van der Waals surface area contributed by atoms with Crippen molar-refractivity contribution in [2.24, 2.45) is 23.7 Å². The summed E-state index contributed by atoms with van der Waals surface area (Å²) in [6.45, 7) is 3.31. The van der Waals surface area contributed by atoms with Crippen molar-refractivity contribution >= 4 is 0 Å². The molecule has 20 heavy (non-hydrogen) atoms. The molecule has 2 aliphatic carbocycles. The normalized spacial score (nSPS) is 35.1. The molecule has 0 spiro atoms. The molecule has 0 amide bonds. The van der Waals surface area contributed by atoms with Crippen LogP contribution in [0.2, 0.25) is 0 Å². The van der Waals surface area contributed by atoms with Crippen LogP contribution in [0.15, 0.2) is 0 Å². The summed E-state index contributed by atoms with van der Waals surface area (Å²) in [6.07, 6.45) is 17.8. The van der Waals surface area contributed by atoms with E-state index in [2.05, 4.69) is 6.92 Å². The molecule has 0 aromatic rings. The van der Waals surface area contributed by atoms with E-state index in [9.17, 15) is 0 Å². The summed E-state index contributed by atoms with van der Waals surface area (Å²) in [5, 5.41) is 0. The highest BCUT2D eigenvalue weighted by molar-refractivity contribution is 4.82. The number of ether oxygens (including phenoxy) is 1. The topological polar surface area (TPSA) is 9.23 Å². The van der Waals surface area contributed by atoms with E-state index in [0.29, 0.717) is 0 Å². The van der Waals surface area contributed by atoms with E-state index in [4.69, 9.17) is 4.74 Å². The maximum Gasteiger partial charge on any atom is 0.0490 e. The SMILES string of the molecule is CCCCCC1CCC(C2CCC(COC)CC2)CC1. The van der Waals surface area contributed by atoms with Gasteiger partial charge < -0.3 is 4.74 Å². The zero-order valence-corrected chi connectivity index (χ0v) is 13.9. The van der Waals surface area contributed by atoms with Crippen LogP contribution >= 0.6 is 0 Å². The van der Waals surface area contributed by atoms with Gasteiger partial charge in [-0.2, -0.15) is 0 Å². The molecule has 2 aliphatic rings. The smallest absolute Gasteiger partial charge is 0.0490 e. The maximum absolute atomic E-state index is 5.32.